The first-order chi connectivity index (χ1) is 9.15. The van der Waals surface area contributed by atoms with Gasteiger partial charge in [-0.2, -0.15) is 0 Å². The van der Waals surface area contributed by atoms with Crippen LogP contribution in [0.25, 0.3) is 16.9 Å². The molecule has 2 heterocycles. The molecule has 3 aromatic rings. The molecule has 0 unspecified atom stereocenters. The van der Waals surface area contributed by atoms with Gasteiger partial charge in [0.15, 0.2) is 0 Å². The highest BCUT2D eigenvalue weighted by atomic mass is 79.9. The number of halogens is 1. The van der Waals surface area contributed by atoms with E-state index in [2.05, 4.69) is 20.9 Å². The van der Waals surface area contributed by atoms with E-state index in [-0.39, 0.29) is 5.56 Å². The lowest BCUT2D eigenvalue weighted by atomic mass is 10.1. The van der Waals surface area contributed by atoms with Crippen LogP contribution in [0.1, 0.15) is 10.4 Å². The van der Waals surface area contributed by atoms with Gasteiger partial charge < -0.3 is 5.11 Å². The molecule has 1 N–H and O–H groups in total. The largest absolute Gasteiger partial charge is 0.478 e. The van der Waals surface area contributed by atoms with Gasteiger partial charge in [-0.15, -0.1) is 0 Å². The van der Waals surface area contributed by atoms with Gasteiger partial charge in [0.2, 0.25) is 0 Å². The summed E-state index contributed by atoms with van der Waals surface area (Å²) < 4.78 is 2.81. The van der Waals surface area contributed by atoms with Crippen LogP contribution in [0.15, 0.2) is 53.3 Å². The number of carboxylic acids is 1. The fourth-order valence-electron chi connectivity index (χ4n) is 1.93. The van der Waals surface area contributed by atoms with E-state index in [0.717, 1.165) is 21.5 Å². The Morgan fingerprint density at radius 1 is 1.21 bits per heavy atom. The van der Waals surface area contributed by atoms with Crippen LogP contribution >= 0.6 is 15.9 Å². The fraction of sp³-hybridized carbons (Fsp3) is 0. The van der Waals surface area contributed by atoms with Gasteiger partial charge in [-0.3, -0.25) is 4.40 Å². The summed E-state index contributed by atoms with van der Waals surface area (Å²) >= 11 is 3.45. The minimum absolute atomic E-state index is 0.258. The Morgan fingerprint density at radius 2 is 2.00 bits per heavy atom. The Hall–Kier alpha value is -2.14. The van der Waals surface area contributed by atoms with E-state index in [1.54, 1.807) is 18.2 Å². The minimum atomic E-state index is -0.938. The number of rotatable bonds is 2. The zero-order valence-corrected chi connectivity index (χ0v) is 11.3. The standard InChI is InChI=1S/C14H9BrN2O2/c15-12-5-2-6-13-16-11(8-17(12)13)9-3-1-4-10(7-9)14(18)19/h1-8H,(H,18,19). The van der Waals surface area contributed by atoms with Gasteiger partial charge in [0.1, 0.15) is 5.65 Å². The van der Waals surface area contributed by atoms with Gasteiger partial charge in [0.05, 0.1) is 15.9 Å². The predicted octanol–water partition coefficient (Wildman–Crippen LogP) is 3.46. The lowest BCUT2D eigenvalue weighted by Crippen LogP contribution is -1.95. The number of carboxylic acid groups (broad SMARTS) is 1. The zero-order chi connectivity index (χ0) is 13.4. The molecule has 0 aliphatic carbocycles. The minimum Gasteiger partial charge on any atom is -0.478 e. The summed E-state index contributed by atoms with van der Waals surface area (Å²) in [5.74, 6) is -0.938. The van der Waals surface area contributed by atoms with Gasteiger partial charge in [-0.05, 0) is 40.2 Å². The van der Waals surface area contributed by atoms with E-state index in [9.17, 15) is 4.79 Å². The third-order valence-electron chi connectivity index (χ3n) is 2.85. The van der Waals surface area contributed by atoms with Crippen LogP contribution < -0.4 is 0 Å². The van der Waals surface area contributed by atoms with Crippen molar-refractivity contribution in [1.82, 2.24) is 9.38 Å². The molecular weight excluding hydrogens is 308 g/mol. The van der Waals surface area contributed by atoms with Gasteiger partial charge in [-0.25, -0.2) is 9.78 Å². The Morgan fingerprint density at radius 3 is 2.74 bits per heavy atom. The molecule has 2 aromatic heterocycles. The molecule has 0 saturated heterocycles. The summed E-state index contributed by atoms with van der Waals surface area (Å²) in [4.78, 5) is 15.5. The van der Waals surface area contributed by atoms with E-state index in [1.165, 1.54) is 0 Å². The highest BCUT2D eigenvalue weighted by Crippen LogP contribution is 2.22. The Labute approximate surface area is 117 Å². The molecule has 0 bridgehead atoms. The van der Waals surface area contributed by atoms with Crippen molar-refractivity contribution in [2.75, 3.05) is 0 Å². The first-order valence-electron chi connectivity index (χ1n) is 5.62. The second-order valence-electron chi connectivity index (χ2n) is 4.09. The van der Waals surface area contributed by atoms with Gasteiger partial charge in [0, 0.05) is 11.8 Å². The van der Waals surface area contributed by atoms with E-state index in [1.807, 2.05) is 34.9 Å². The van der Waals surface area contributed by atoms with E-state index in [4.69, 9.17) is 5.11 Å². The molecule has 0 radical (unpaired) electrons. The van der Waals surface area contributed by atoms with Crippen LogP contribution in [0, 0.1) is 0 Å². The number of aromatic carboxylic acids is 1. The van der Waals surface area contributed by atoms with Crippen LogP contribution in [-0.2, 0) is 0 Å². The summed E-state index contributed by atoms with van der Waals surface area (Å²) in [7, 11) is 0. The van der Waals surface area contributed by atoms with Crippen molar-refractivity contribution in [3.05, 3.63) is 58.8 Å². The second-order valence-corrected chi connectivity index (χ2v) is 4.90. The Kier molecular flexibility index (Phi) is 2.83. The molecule has 0 amide bonds. The lowest BCUT2D eigenvalue weighted by Gasteiger charge is -1.98. The lowest BCUT2D eigenvalue weighted by molar-refractivity contribution is 0.0697. The maximum atomic E-state index is 11.0. The maximum Gasteiger partial charge on any atom is 0.335 e. The third kappa shape index (κ3) is 2.13. The fourth-order valence-corrected chi connectivity index (χ4v) is 2.36. The highest BCUT2D eigenvalue weighted by molar-refractivity contribution is 9.10. The number of hydrogen-bond donors (Lipinski definition) is 1. The summed E-state index contributed by atoms with van der Waals surface area (Å²) in [6.45, 7) is 0. The number of aromatic nitrogens is 2. The molecule has 19 heavy (non-hydrogen) atoms. The molecule has 1 aromatic carbocycles. The van der Waals surface area contributed by atoms with Crippen molar-refractivity contribution in [2.45, 2.75) is 0 Å². The van der Waals surface area contributed by atoms with Gasteiger partial charge >= 0.3 is 5.97 Å². The van der Waals surface area contributed by atoms with Crippen LogP contribution in [0.3, 0.4) is 0 Å². The van der Waals surface area contributed by atoms with Crippen LogP contribution in [0.2, 0.25) is 0 Å². The highest BCUT2D eigenvalue weighted by Gasteiger charge is 2.08. The number of imidazole rings is 1. The molecule has 4 nitrogen and oxygen atoms in total. The predicted molar refractivity (Wildman–Crippen MR) is 75.3 cm³/mol. The number of fused-ring (bicyclic) bond motifs is 1. The van der Waals surface area contributed by atoms with Crippen molar-refractivity contribution in [2.24, 2.45) is 0 Å². The summed E-state index contributed by atoms with van der Waals surface area (Å²) in [5.41, 5.74) is 2.60. The first kappa shape index (κ1) is 11.9. The van der Waals surface area contributed by atoms with Crippen molar-refractivity contribution >= 4 is 27.5 Å². The van der Waals surface area contributed by atoms with Crippen molar-refractivity contribution in [3.63, 3.8) is 0 Å². The smallest absolute Gasteiger partial charge is 0.335 e. The average Bonchev–Trinajstić information content (AvgIpc) is 2.84. The molecule has 94 valence electrons. The van der Waals surface area contributed by atoms with Crippen LogP contribution in [0.5, 0.6) is 0 Å². The van der Waals surface area contributed by atoms with E-state index < -0.39 is 5.97 Å². The number of pyridine rings is 1. The van der Waals surface area contributed by atoms with Crippen molar-refractivity contribution in [3.8, 4) is 11.3 Å². The molecule has 0 spiro atoms. The molecule has 3 rings (SSSR count). The van der Waals surface area contributed by atoms with Crippen molar-refractivity contribution < 1.29 is 9.90 Å². The number of benzene rings is 1. The topological polar surface area (TPSA) is 54.6 Å². The summed E-state index contributed by atoms with van der Waals surface area (Å²) in [5, 5.41) is 9.01. The van der Waals surface area contributed by atoms with Crippen molar-refractivity contribution in [1.29, 1.82) is 0 Å². The van der Waals surface area contributed by atoms with E-state index in [0.29, 0.717) is 0 Å². The second kappa shape index (κ2) is 4.51. The van der Waals surface area contributed by atoms with Gasteiger partial charge in [0.25, 0.3) is 0 Å². The summed E-state index contributed by atoms with van der Waals surface area (Å²) in [6.07, 6.45) is 1.88. The molecule has 0 fully saturated rings. The maximum absolute atomic E-state index is 11.0. The first-order valence-corrected chi connectivity index (χ1v) is 6.42. The summed E-state index contributed by atoms with van der Waals surface area (Å²) in [6, 6.07) is 12.5. The Balaban J connectivity index is 2.16. The quantitative estimate of drug-likeness (QED) is 0.737. The zero-order valence-electron chi connectivity index (χ0n) is 9.75. The van der Waals surface area contributed by atoms with Gasteiger partial charge in [-0.1, -0.05) is 18.2 Å². The number of nitrogens with zero attached hydrogens (tertiary/aromatic N) is 2. The normalized spacial score (nSPS) is 10.8. The molecule has 0 aliphatic rings. The number of carbonyl (C=O) groups is 1. The van der Waals surface area contributed by atoms with Crippen LogP contribution in [0.4, 0.5) is 0 Å². The molecule has 0 atom stereocenters. The van der Waals surface area contributed by atoms with E-state index >= 15 is 0 Å². The molecule has 0 aliphatic heterocycles. The molecule has 5 heteroatoms. The van der Waals surface area contributed by atoms with Crippen LogP contribution in [-0.4, -0.2) is 20.5 Å². The molecule has 0 saturated carbocycles. The monoisotopic (exact) mass is 316 g/mol. The third-order valence-corrected chi connectivity index (χ3v) is 3.49. The average molecular weight is 317 g/mol. The SMILES string of the molecule is O=C(O)c1cccc(-c2cn3c(Br)cccc3n2)c1. The Bertz CT molecular complexity index is 780. The molecular formula is C14H9BrN2O2. The number of hydrogen-bond acceptors (Lipinski definition) is 2.